The maximum atomic E-state index is 11.2. The first kappa shape index (κ1) is 14.9. The predicted molar refractivity (Wildman–Crippen MR) is 66.2 cm³/mol. The van der Waals surface area contributed by atoms with E-state index in [0.717, 1.165) is 0 Å². The highest BCUT2D eigenvalue weighted by atomic mass is 35.5. The van der Waals surface area contributed by atoms with Crippen LogP contribution in [0.3, 0.4) is 0 Å². The van der Waals surface area contributed by atoms with Gasteiger partial charge in [0, 0.05) is 11.3 Å². The largest absolute Gasteiger partial charge is 0.466 e. The van der Waals surface area contributed by atoms with Crippen LogP contribution in [0.25, 0.3) is 0 Å². The summed E-state index contributed by atoms with van der Waals surface area (Å²) in [5.41, 5.74) is 0.953. The maximum absolute atomic E-state index is 11.2. The number of rotatable bonds is 5. The zero-order chi connectivity index (χ0) is 13.7. The number of hydrogen-bond acceptors (Lipinski definition) is 5. The van der Waals surface area contributed by atoms with E-state index in [-0.39, 0.29) is 13.0 Å². The SMILES string of the molecule is CCOC(=O)CC(O)C(O)c1ccc(Cl)nc1C. The molecular formula is C12H16ClNO4. The molecule has 0 amide bonds. The Hall–Kier alpha value is -1.17. The Kier molecular flexibility index (Phi) is 5.53. The molecule has 0 bridgehead atoms. The number of carbonyl (C=O) groups excluding carboxylic acids is 1. The van der Waals surface area contributed by atoms with Crippen LogP contribution in [0.15, 0.2) is 12.1 Å². The number of carbonyl (C=O) groups is 1. The minimum Gasteiger partial charge on any atom is -0.466 e. The number of pyridine rings is 1. The highest BCUT2D eigenvalue weighted by Crippen LogP contribution is 2.23. The van der Waals surface area contributed by atoms with Crippen LogP contribution in [0, 0.1) is 6.92 Å². The lowest BCUT2D eigenvalue weighted by Gasteiger charge is -2.18. The minimum atomic E-state index is -1.23. The molecule has 0 spiro atoms. The van der Waals surface area contributed by atoms with Gasteiger partial charge in [-0.3, -0.25) is 4.79 Å². The van der Waals surface area contributed by atoms with Gasteiger partial charge in [-0.15, -0.1) is 0 Å². The second-order valence-corrected chi connectivity index (χ2v) is 4.22. The average molecular weight is 274 g/mol. The van der Waals surface area contributed by atoms with Crippen LogP contribution in [-0.2, 0) is 9.53 Å². The molecule has 1 aromatic rings. The van der Waals surface area contributed by atoms with Gasteiger partial charge in [-0.05, 0) is 19.9 Å². The van der Waals surface area contributed by atoms with Crippen molar-refractivity contribution in [1.29, 1.82) is 0 Å². The Bertz CT molecular complexity index is 425. The first-order valence-electron chi connectivity index (χ1n) is 5.60. The third-order valence-corrected chi connectivity index (χ3v) is 2.67. The summed E-state index contributed by atoms with van der Waals surface area (Å²) in [6.45, 7) is 3.58. The van der Waals surface area contributed by atoms with Gasteiger partial charge in [0.2, 0.25) is 0 Å². The second-order valence-electron chi connectivity index (χ2n) is 3.83. The Labute approximate surface area is 110 Å². The summed E-state index contributed by atoms with van der Waals surface area (Å²) in [5, 5.41) is 20.0. The summed E-state index contributed by atoms with van der Waals surface area (Å²) < 4.78 is 4.70. The van der Waals surface area contributed by atoms with E-state index in [1.165, 1.54) is 6.07 Å². The van der Waals surface area contributed by atoms with Crippen molar-refractivity contribution in [2.24, 2.45) is 0 Å². The first-order valence-corrected chi connectivity index (χ1v) is 5.98. The molecule has 1 aromatic heterocycles. The normalized spacial score (nSPS) is 14.1. The molecule has 0 aliphatic carbocycles. The molecule has 18 heavy (non-hydrogen) atoms. The summed E-state index contributed by atoms with van der Waals surface area (Å²) in [5.74, 6) is -0.552. The molecule has 6 heteroatoms. The summed E-state index contributed by atoms with van der Waals surface area (Å²) in [4.78, 5) is 15.2. The van der Waals surface area contributed by atoms with Crippen molar-refractivity contribution in [2.45, 2.75) is 32.5 Å². The zero-order valence-electron chi connectivity index (χ0n) is 10.3. The molecule has 0 fully saturated rings. The fourth-order valence-corrected chi connectivity index (χ4v) is 1.75. The van der Waals surface area contributed by atoms with Crippen LogP contribution in [0.5, 0.6) is 0 Å². The standard InChI is InChI=1S/C12H16ClNO4/c1-3-18-11(16)6-9(15)12(17)8-4-5-10(13)14-7(8)2/h4-5,9,12,15,17H,3,6H2,1-2H3. The van der Waals surface area contributed by atoms with Gasteiger partial charge in [0.1, 0.15) is 11.3 Å². The Morgan fingerprint density at radius 1 is 1.50 bits per heavy atom. The number of aliphatic hydroxyl groups is 2. The lowest BCUT2D eigenvalue weighted by atomic mass is 10.0. The van der Waals surface area contributed by atoms with Crippen molar-refractivity contribution in [3.8, 4) is 0 Å². The minimum absolute atomic E-state index is 0.239. The molecule has 0 saturated carbocycles. The molecule has 0 aliphatic rings. The van der Waals surface area contributed by atoms with E-state index < -0.39 is 18.2 Å². The van der Waals surface area contributed by atoms with Crippen LogP contribution >= 0.6 is 11.6 Å². The van der Waals surface area contributed by atoms with E-state index in [1.54, 1.807) is 19.9 Å². The number of aliphatic hydroxyl groups excluding tert-OH is 2. The molecule has 100 valence electrons. The molecule has 1 rings (SSSR count). The van der Waals surface area contributed by atoms with Gasteiger partial charge in [-0.2, -0.15) is 0 Å². The van der Waals surface area contributed by atoms with E-state index in [1.807, 2.05) is 0 Å². The monoisotopic (exact) mass is 273 g/mol. The number of hydrogen-bond donors (Lipinski definition) is 2. The van der Waals surface area contributed by atoms with E-state index in [9.17, 15) is 15.0 Å². The van der Waals surface area contributed by atoms with Crippen molar-refractivity contribution in [2.75, 3.05) is 6.61 Å². The van der Waals surface area contributed by atoms with E-state index in [4.69, 9.17) is 16.3 Å². The van der Waals surface area contributed by atoms with E-state index >= 15 is 0 Å². The Morgan fingerprint density at radius 2 is 2.17 bits per heavy atom. The number of nitrogens with zero attached hydrogens (tertiary/aromatic N) is 1. The molecule has 0 aliphatic heterocycles. The molecule has 1 heterocycles. The average Bonchev–Trinajstić information content (AvgIpc) is 2.28. The predicted octanol–water partition coefficient (Wildman–Crippen LogP) is 1.39. The van der Waals surface area contributed by atoms with Gasteiger partial charge in [0.05, 0.1) is 19.1 Å². The van der Waals surface area contributed by atoms with Gasteiger partial charge >= 0.3 is 5.97 Å². The van der Waals surface area contributed by atoms with Gasteiger partial charge in [-0.25, -0.2) is 4.98 Å². The van der Waals surface area contributed by atoms with Crippen molar-refractivity contribution < 1.29 is 19.7 Å². The topological polar surface area (TPSA) is 79.7 Å². The molecule has 2 unspecified atom stereocenters. The third kappa shape index (κ3) is 3.94. The lowest BCUT2D eigenvalue weighted by Crippen LogP contribution is -2.24. The molecule has 0 saturated heterocycles. The van der Waals surface area contributed by atoms with Crippen LogP contribution in [-0.4, -0.2) is 33.9 Å². The first-order chi connectivity index (χ1) is 8.45. The van der Waals surface area contributed by atoms with Gasteiger partial charge in [0.25, 0.3) is 0 Å². The number of esters is 1. The van der Waals surface area contributed by atoms with Crippen LogP contribution in [0.2, 0.25) is 5.15 Å². The van der Waals surface area contributed by atoms with Gasteiger partial charge in [-0.1, -0.05) is 17.7 Å². The summed E-state index contributed by atoms with van der Waals surface area (Å²) >= 11 is 5.70. The van der Waals surface area contributed by atoms with E-state index in [0.29, 0.717) is 16.4 Å². The molecule has 2 atom stereocenters. The molecule has 5 nitrogen and oxygen atoms in total. The molecule has 0 radical (unpaired) electrons. The third-order valence-electron chi connectivity index (χ3n) is 2.46. The van der Waals surface area contributed by atoms with Gasteiger partial charge in [0.15, 0.2) is 0 Å². The fraction of sp³-hybridized carbons (Fsp3) is 0.500. The molecule has 0 aromatic carbocycles. The lowest BCUT2D eigenvalue weighted by molar-refractivity contribution is -0.147. The smallest absolute Gasteiger partial charge is 0.308 e. The quantitative estimate of drug-likeness (QED) is 0.626. The Balaban J connectivity index is 2.73. The van der Waals surface area contributed by atoms with Gasteiger partial charge < -0.3 is 14.9 Å². The van der Waals surface area contributed by atoms with Crippen molar-refractivity contribution in [3.05, 3.63) is 28.5 Å². The fourth-order valence-electron chi connectivity index (χ4n) is 1.56. The summed E-state index contributed by atoms with van der Waals surface area (Å²) in [7, 11) is 0. The van der Waals surface area contributed by atoms with Crippen LogP contribution < -0.4 is 0 Å². The van der Waals surface area contributed by atoms with Crippen molar-refractivity contribution >= 4 is 17.6 Å². The van der Waals surface area contributed by atoms with Crippen LogP contribution in [0.1, 0.15) is 30.7 Å². The number of halogens is 1. The van der Waals surface area contributed by atoms with Crippen molar-refractivity contribution in [1.82, 2.24) is 4.98 Å². The molecule has 2 N–H and O–H groups in total. The number of aryl methyl sites for hydroxylation is 1. The van der Waals surface area contributed by atoms with Crippen molar-refractivity contribution in [3.63, 3.8) is 0 Å². The maximum Gasteiger partial charge on any atom is 0.308 e. The highest BCUT2D eigenvalue weighted by Gasteiger charge is 2.23. The zero-order valence-corrected chi connectivity index (χ0v) is 11.0. The Morgan fingerprint density at radius 3 is 2.72 bits per heavy atom. The summed E-state index contributed by atoms with van der Waals surface area (Å²) in [6, 6.07) is 3.09. The number of ether oxygens (including phenoxy) is 1. The van der Waals surface area contributed by atoms with E-state index in [2.05, 4.69) is 4.98 Å². The number of aromatic nitrogens is 1. The highest BCUT2D eigenvalue weighted by molar-refractivity contribution is 6.29. The summed E-state index contributed by atoms with van der Waals surface area (Å²) in [6.07, 6.45) is -2.69. The second kappa shape index (κ2) is 6.68. The van der Waals surface area contributed by atoms with Crippen LogP contribution in [0.4, 0.5) is 0 Å². The molecular weight excluding hydrogens is 258 g/mol.